The van der Waals surface area contributed by atoms with Crippen molar-refractivity contribution < 1.29 is 9.18 Å². The summed E-state index contributed by atoms with van der Waals surface area (Å²) in [5, 5.41) is 7.24. The SMILES string of the molecule is Cn1nccc1-c1ccc(CCNC(=O)C2(c3ccc(F)cc3)CC2)cc1. The van der Waals surface area contributed by atoms with Crippen LogP contribution in [0.3, 0.4) is 0 Å². The van der Waals surface area contributed by atoms with Gasteiger partial charge in [-0.1, -0.05) is 36.4 Å². The van der Waals surface area contributed by atoms with Crippen LogP contribution in [-0.4, -0.2) is 22.2 Å². The normalized spacial score (nSPS) is 14.7. The number of benzene rings is 2. The van der Waals surface area contributed by atoms with Gasteiger partial charge in [-0.2, -0.15) is 5.10 Å². The van der Waals surface area contributed by atoms with Crippen LogP contribution in [0.15, 0.2) is 60.8 Å². The number of aryl methyl sites for hydroxylation is 1. The van der Waals surface area contributed by atoms with Crippen LogP contribution in [0.25, 0.3) is 11.3 Å². The second-order valence-corrected chi connectivity index (χ2v) is 7.13. The molecule has 3 aromatic rings. The minimum Gasteiger partial charge on any atom is -0.355 e. The Hall–Kier alpha value is -2.95. The summed E-state index contributed by atoms with van der Waals surface area (Å²) in [6.45, 7) is 0.590. The van der Waals surface area contributed by atoms with E-state index in [0.717, 1.165) is 36.1 Å². The molecule has 0 spiro atoms. The molecule has 1 saturated carbocycles. The number of carbonyl (C=O) groups excluding carboxylic acids is 1. The van der Waals surface area contributed by atoms with E-state index in [-0.39, 0.29) is 11.7 Å². The van der Waals surface area contributed by atoms with Crippen molar-refractivity contribution in [3.8, 4) is 11.3 Å². The van der Waals surface area contributed by atoms with E-state index in [1.165, 1.54) is 17.7 Å². The Balaban J connectivity index is 1.34. The molecule has 0 saturated heterocycles. The number of carbonyl (C=O) groups is 1. The number of hydrogen-bond donors (Lipinski definition) is 1. The van der Waals surface area contributed by atoms with Crippen LogP contribution in [0.2, 0.25) is 0 Å². The van der Waals surface area contributed by atoms with E-state index < -0.39 is 5.41 Å². The minimum atomic E-state index is -0.461. The molecule has 0 bridgehead atoms. The number of rotatable bonds is 6. The number of amides is 1. The lowest BCUT2D eigenvalue weighted by molar-refractivity contribution is -0.123. The molecule has 4 rings (SSSR count). The molecular weight excluding hydrogens is 341 g/mol. The summed E-state index contributed by atoms with van der Waals surface area (Å²) in [5.74, 6) is -0.231. The van der Waals surface area contributed by atoms with Gasteiger partial charge in [-0.15, -0.1) is 0 Å². The van der Waals surface area contributed by atoms with E-state index in [1.54, 1.807) is 18.3 Å². The van der Waals surface area contributed by atoms with Gasteiger partial charge in [0.25, 0.3) is 0 Å². The second-order valence-electron chi connectivity index (χ2n) is 7.13. The van der Waals surface area contributed by atoms with Gasteiger partial charge in [-0.3, -0.25) is 9.48 Å². The van der Waals surface area contributed by atoms with E-state index in [1.807, 2.05) is 17.8 Å². The first-order chi connectivity index (χ1) is 13.1. The summed E-state index contributed by atoms with van der Waals surface area (Å²) >= 11 is 0. The lowest BCUT2D eigenvalue weighted by Gasteiger charge is -2.16. The molecule has 1 amide bonds. The molecular formula is C22H22FN3O. The van der Waals surface area contributed by atoms with E-state index in [9.17, 15) is 9.18 Å². The molecule has 0 unspecified atom stereocenters. The third-order valence-corrected chi connectivity index (χ3v) is 5.35. The Morgan fingerprint density at radius 1 is 1.11 bits per heavy atom. The number of nitrogens with zero attached hydrogens (tertiary/aromatic N) is 2. The van der Waals surface area contributed by atoms with E-state index >= 15 is 0 Å². The Kier molecular flexibility index (Phi) is 4.52. The van der Waals surface area contributed by atoms with Crippen molar-refractivity contribution in [3.63, 3.8) is 0 Å². The van der Waals surface area contributed by atoms with Crippen molar-refractivity contribution in [1.29, 1.82) is 0 Å². The maximum atomic E-state index is 13.1. The summed E-state index contributed by atoms with van der Waals surface area (Å²) < 4.78 is 15.0. The van der Waals surface area contributed by atoms with E-state index in [0.29, 0.717) is 6.54 Å². The van der Waals surface area contributed by atoms with Gasteiger partial charge in [0, 0.05) is 19.8 Å². The molecule has 0 radical (unpaired) electrons. The lowest BCUT2D eigenvalue weighted by Crippen LogP contribution is -2.35. The van der Waals surface area contributed by atoms with Crippen LogP contribution in [0.5, 0.6) is 0 Å². The van der Waals surface area contributed by atoms with Crippen LogP contribution in [-0.2, 0) is 23.7 Å². The fourth-order valence-electron chi connectivity index (χ4n) is 3.53. The highest BCUT2D eigenvalue weighted by atomic mass is 19.1. The van der Waals surface area contributed by atoms with Gasteiger partial charge in [0.1, 0.15) is 5.82 Å². The first kappa shape index (κ1) is 17.5. The Labute approximate surface area is 158 Å². The molecule has 1 aromatic heterocycles. The standard InChI is InChI=1S/C22H22FN3O/c1-26-20(11-15-25-26)17-4-2-16(3-5-17)10-14-24-21(27)22(12-13-22)18-6-8-19(23)9-7-18/h2-9,11,15H,10,12-14H2,1H3,(H,24,27). The third kappa shape index (κ3) is 3.50. The molecule has 0 atom stereocenters. The molecule has 1 fully saturated rings. The summed E-state index contributed by atoms with van der Waals surface area (Å²) in [6, 6.07) is 16.6. The van der Waals surface area contributed by atoms with Gasteiger partial charge in [0.05, 0.1) is 11.1 Å². The monoisotopic (exact) mass is 363 g/mol. The van der Waals surface area contributed by atoms with Gasteiger partial charge in [0.15, 0.2) is 0 Å². The topological polar surface area (TPSA) is 46.9 Å². The Morgan fingerprint density at radius 3 is 2.41 bits per heavy atom. The summed E-state index contributed by atoms with van der Waals surface area (Å²) in [6.07, 6.45) is 4.21. The van der Waals surface area contributed by atoms with Gasteiger partial charge >= 0.3 is 0 Å². The fourth-order valence-corrected chi connectivity index (χ4v) is 3.53. The Morgan fingerprint density at radius 2 is 1.81 bits per heavy atom. The summed E-state index contributed by atoms with van der Waals surface area (Å²) in [4.78, 5) is 12.6. The van der Waals surface area contributed by atoms with Crippen molar-refractivity contribution in [2.24, 2.45) is 7.05 Å². The van der Waals surface area contributed by atoms with Gasteiger partial charge in [-0.25, -0.2) is 4.39 Å². The van der Waals surface area contributed by atoms with E-state index in [2.05, 4.69) is 34.7 Å². The van der Waals surface area contributed by atoms with E-state index in [4.69, 9.17) is 0 Å². The molecule has 1 heterocycles. The number of nitrogens with one attached hydrogen (secondary N) is 1. The van der Waals surface area contributed by atoms with Crippen LogP contribution in [0.1, 0.15) is 24.0 Å². The number of halogens is 1. The highest BCUT2D eigenvalue weighted by Crippen LogP contribution is 2.48. The first-order valence-electron chi connectivity index (χ1n) is 9.20. The molecule has 1 aliphatic carbocycles. The van der Waals surface area contributed by atoms with Crippen molar-refractivity contribution in [2.45, 2.75) is 24.7 Å². The van der Waals surface area contributed by atoms with Gasteiger partial charge < -0.3 is 5.32 Å². The van der Waals surface area contributed by atoms with Gasteiger partial charge in [-0.05, 0) is 54.2 Å². The molecule has 0 aliphatic heterocycles. The van der Waals surface area contributed by atoms with Crippen LogP contribution in [0.4, 0.5) is 4.39 Å². The predicted molar refractivity (Wildman–Crippen MR) is 103 cm³/mol. The summed E-state index contributed by atoms with van der Waals surface area (Å²) in [5.41, 5.74) is 3.81. The highest BCUT2D eigenvalue weighted by Gasteiger charge is 2.50. The zero-order valence-corrected chi connectivity index (χ0v) is 15.3. The first-order valence-corrected chi connectivity index (χ1v) is 9.20. The Bertz CT molecular complexity index is 940. The number of hydrogen-bond acceptors (Lipinski definition) is 2. The molecule has 138 valence electrons. The molecule has 4 nitrogen and oxygen atoms in total. The average Bonchev–Trinajstić information content (AvgIpc) is 3.38. The maximum Gasteiger partial charge on any atom is 0.230 e. The fraction of sp³-hybridized carbons (Fsp3) is 0.273. The molecule has 1 aliphatic rings. The predicted octanol–water partition coefficient (Wildman–Crippen LogP) is 3.62. The van der Waals surface area contributed by atoms with Crippen LogP contribution >= 0.6 is 0 Å². The summed E-state index contributed by atoms with van der Waals surface area (Å²) in [7, 11) is 1.92. The van der Waals surface area contributed by atoms with Crippen LogP contribution in [0, 0.1) is 5.82 Å². The van der Waals surface area contributed by atoms with Crippen molar-refractivity contribution in [3.05, 3.63) is 77.7 Å². The zero-order valence-electron chi connectivity index (χ0n) is 15.3. The molecule has 1 N–H and O–H groups in total. The smallest absolute Gasteiger partial charge is 0.230 e. The quantitative estimate of drug-likeness (QED) is 0.727. The highest BCUT2D eigenvalue weighted by molar-refractivity contribution is 5.91. The van der Waals surface area contributed by atoms with Crippen LogP contribution < -0.4 is 5.32 Å². The zero-order chi connectivity index (χ0) is 18.9. The molecule has 5 heteroatoms. The largest absolute Gasteiger partial charge is 0.355 e. The van der Waals surface area contributed by atoms with Gasteiger partial charge in [0.2, 0.25) is 5.91 Å². The third-order valence-electron chi connectivity index (χ3n) is 5.35. The molecule has 27 heavy (non-hydrogen) atoms. The number of aromatic nitrogens is 2. The second kappa shape index (κ2) is 6.99. The average molecular weight is 363 g/mol. The van der Waals surface area contributed by atoms with Crippen molar-refractivity contribution in [1.82, 2.24) is 15.1 Å². The minimum absolute atomic E-state index is 0.0422. The van der Waals surface area contributed by atoms with Crippen molar-refractivity contribution >= 4 is 5.91 Å². The lowest BCUT2D eigenvalue weighted by atomic mass is 9.95. The molecule has 2 aromatic carbocycles. The van der Waals surface area contributed by atoms with Crippen molar-refractivity contribution in [2.75, 3.05) is 6.54 Å². The maximum absolute atomic E-state index is 13.1.